The van der Waals surface area contributed by atoms with Gasteiger partial charge in [-0.05, 0) is 50.2 Å². The fourth-order valence-corrected chi connectivity index (χ4v) is 7.00. The quantitative estimate of drug-likeness (QED) is 0.534. The van der Waals surface area contributed by atoms with Crippen LogP contribution in [0.1, 0.15) is 40.0 Å². The van der Waals surface area contributed by atoms with E-state index in [9.17, 15) is 30.0 Å². The van der Waals surface area contributed by atoms with Crippen LogP contribution in [-0.2, 0) is 9.59 Å². The summed E-state index contributed by atoms with van der Waals surface area (Å²) in [5.41, 5.74) is -6.52. The fraction of sp³-hybridized carbons (Fsp3) is 0.714. The zero-order valence-corrected chi connectivity index (χ0v) is 16.2. The molecule has 0 spiro atoms. The van der Waals surface area contributed by atoms with E-state index >= 15 is 4.39 Å². The second-order valence-corrected chi connectivity index (χ2v) is 9.62. The molecule has 0 aromatic heterocycles. The Kier molecular flexibility index (Phi) is 3.89. The molecule has 0 amide bonds. The number of aliphatic carboxylic acids is 1. The average Bonchev–Trinajstić information content (AvgIpc) is 2.81. The largest absolute Gasteiger partial charge is 0.479 e. The van der Waals surface area contributed by atoms with Gasteiger partial charge in [-0.1, -0.05) is 25.5 Å². The summed E-state index contributed by atoms with van der Waals surface area (Å²) in [4.78, 5) is 23.8. The van der Waals surface area contributed by atoms with Crippen molar-refractivity contribution in [3.05, 3.63) is 23.8 Å². The molecule has 4 rings (SSSR count). The molecule has 154 valence electrons. The maximum atomic E-state index is 16.9. The topological polar surface area (TPSA) is 115 Å². The molecular formula is C21H27FO6. The number of carboxylic acid groups (broad SMARTS) is 1. The highest BCUT2D eigenvalue weighted by atomic mass is 19.1. The highest BCUT2D eigenvalue weighted by Gasteiger charge is 2.77. The number of fused-ring (bicyclic) bond motifs is 5. The lowest BCUT2D eigenvalue weighted by Crippen LogP contribution is -2.70. The SMILES string of the molecule is C[C@H]1C[C@H]2C3C[C@@H](O)[C@](O)(C(=O)O)[C@@]3(C)C[C@H](O)[C@]2(F)[C@@]2(C)C=CC(=O)C=C12. The Labute approximate surface area is 162 Å². The third-order valence-electron chi connectivity index (χ3n) is 8.51. The number of carbonyl (C=O) groups is 2. The Balaban J connectivity index is 1.88. The molecule has 28 heavy (non-hydrogen) atoms. The van der Waals surface area contributed by atoms with Crippen molar-refractivity contribution in [3.8, 4) is 0 Å². The van der Waals surface area contributed by atoms with Gasteiger partial charge in [-0.25, -0.2) is 9.18 Å². The van der Waals surface area contributed by atoms with Gasteiger partial charge in [0.25, 0.3) is 0 Å². The number of ketones is 1. The summed E-state index contributed by atoms with van der Waals surface area (Å²) in [6.07, 6.45) is 1.16. The molecule has 9 atom stereocenters. The van der Waals surface area contributed by atoms with Crippen molar-refractivity contribution >= 4 is 11.8 Å². The zero-order valence-electron chi connectivity index (χ0n) is 16.2. The highest BCUT2D eigenvalue weighted by molar-refractivity contribution is 6.01. The van der Waals surface area contributed by atoms with E-state index < -0.39 is 52.1 Å². The van der Waals surface area contributed by atoms with Crippen molar-refractivity contribution in [2.24, 2.45) is 28.6 Å². The van der Waals surface area contributed by atoms with Gasteiger partial charge < -0.3 is 20.4 Å². The van der Waals surface area contributed by atoms with E-state index in [1.54, 1.807) is 6.92 Å². The van der Waals surface area contributed by atoms with Crippen LogP contribution in [0.5, 0.6) is 0 Å². The highest BCUT2D eigenvalue weighted by Crippen LogP contribution is 2.70. The summed E-state index contributed by atoms with van der Waals surface area (Å²) in [7, 11) is 0. The number of halogens is 1. The number of carboxylic acids is 1. The second-order valence-electron chi connectivity index (χ2n) is 9.62. The number of rotatable bonds is 1. The molecule has 1 unspecified atom stereocenters. The first kappa shape index (κ1) is 19.7. The van der Waals surface area contributed by atoms with E-state index in [0.717, 1.165) is 0 Å². The van der Waals surface area contributed by atoms with Gasteiger partial charge in [-0.2, -0.15) is 0 Å². The van der Waals surface area contributed by atoms with Crippen LogP contribution in [-0.4, -0.2) is 55.7 Å². The molecule has 0 heterocycles. The van der Waals surface area contributed by atoms with Gasteiger partial charge in [-0.15, -0.1) is 0 Å². The molecule has 3 saturated carbocycles. The molecule has 0 aromatic rings. The van der Waals surface area contributed by atoms with Gasteiger partial charge in [0.05, 0.1) is 12.2 Å². The van der Waals surface area contributed by atoms with Crippen LogP contribution in [0.3, 0.4) is 0 Å². The lowest BCUT2D eigenvalue weighted by atomic mass is 9.43. The van der Waals surface area contributed by atoms with Crippen LogP contribution >= 0.6 is 0 Å². The Morgan fingerprint density at radius 3 is 2.43 bits per heavy atom. The van der Waals surface area contributed by atoms with E-state index in [1.165, 1.54) is 25.2 Å². The van der Waals surface area contributed by atoms with Crippen LogP contribution in [0.15, 0.2) is 23.8 Å². The Hall–Kier alpha value is -1.57. The summed E-state index contributed by atoms with van der Waals surface area (Å²) in [6.45, 7) is 5.09. The standard InChI is InChI=1S/C21H27FO6/c1-10-6-14-13-8-15(24)21(28,17(26)27)19(13,3)9-16(25)20(14,22)18(2)5-4-11(23)7-12(10)18/h4-5,7,10,13-16,24-25,28H,6,8-9H2,1-3H3,(H,26,27)/t10-,13?,14-,15+,16-,18-,19-,20-,21-/m0/s1. The van der Waals surface area contributed by atoms with Crippen LogP contribution in [0, 0.1) is 28.6 Å². The van der Waals surface area contributed by atoms with Gasteiger partial charge in [-0.3, -0.25) is 4.79 Å². The molecule has 3 fully saturated rings. The third kappa shape index (κ3) is 1.93. The van der Waals surface area contributed by atoms with E-state index in [1.807, 2.05) is 6.92 Å². The predicted molar refractivity (Wildman–Crippen MR) is 96.9 cm³/mol. The van der Waals surface area contributed by atoms with Gasteiger partial charge in [0.1, 0.15) is 0 Å². The lowest BCUT2D eigenvalue weighted by Gasteiger charge is -2.63. The van der Waals surface area contributed by atoms with E-state index in [-0.39, 0.29) is 24.5 Å². The maximum Gasteiger partial charge on any atom is 0.339 e. The van der Waals surface area contributed by atoms with Crippen molar-refractivity contribution < 1.29 is 34.4 Å². The number of allylic oxidation sites excluding steroid dienone is 4. The van der Waals surface area contributed by atoms with Crippen LogP contribution in [0.2, 0.25) is 0 Å². The first-order valence-corrected chi connectivity index (χ1v) is 9.80. The molecule has 4 aliphatic carbocycles. The van der Waals surface area contributed by atoms with E-state index in [0.29, 0.717) is 12.0 Å². The second kappa shape index (κ2) is 5.52. The molecule has 0 aliphatic heterocycles. The number of aliphatic hydroxyl groups excluding tert-OH is 2. The van der Waals surface area contributed by atoms with Crippen molar-refractivity contribution in [2.75, 3.05) is 0 Å². The number of aliphatic hydroxyl groups is 3. The van der Waals surface area contributed by atoms with E-state index in [4.69, 9.17) is 0 Å². The minimum Gasteiger partial charge on any atom is -0.479 e. The smallest absolute Gasteiger partial charge is 0.339 e. The van der Waals surface area contributed by atoms with Crippen molar-refractivity contribution in [2.45, 2.75) is 63.5 Å². The van der Waals surface area contributed by atoms with Crippen molar-refractivity contribution in [3.63, 3.8) is 0 Å². The predicted octanol–water partition coefficient (Wildman–Crippen LogP) is 1.39. The van der Waals surface area contributed by atoms with Gasteiger partial charge in [0.2, 0.25) is 0 Å². The number of carbonyl (C=O) groups excluding carboxylic acids is 1. The molecule has 0 bridgehead atoms. The minimum atomic E-state index is -2.45. The fourth-order valence-electron chi connectivity index (χ4n) is 7.00. The first-order chi connectivity index (χ1) is 12.8. The van der Waals surface area contributed by atoms with Crippen LogP contribution < -0.4 is 0 Å². The molecule has 4 N–H and O–H groups in total. The molecule has 7 heteroatoms. The van der Waals surface area contributed by atoms with Gasteiger partial charge in [0.15, 0.2) is 17.1 Å². The molecule has 0 aromatic carbocycles. The van der Waals surface area contributed by atoms with Crippen molar-refractivity contribution in [1.29, 1.82) is 0 Å². The summed E-state index contributed by atoms with van der Waals surface area (Å²) in [5.74, 6) is -3.31. The molecule has 0 radical (unpaired) electrons. The summed E-state index contributed by atoms with van der Waals surface area (Å²) in [5, 5.41) is 42.1. The summed E-state index contributed by atoms with van der Waals surface area (Å²) >= 11 is 0. The van der Waals surface area contributed by atoms with Gasteiger partial charge in [0, 0.05) is 16.7 Å². The van der Waals surface area contributed by atoms with Gasteiger partial charge >= 0.3 is 5.97 Å². The monoisotopic (exact) mass is 394 g/mol. The Morgan fingerprint density at radius 2 is 1.82 bits per heavy atom. The zero-order chi connectivity index (χ0) is 20.9. The maximum absolute atomic E-state index is 16.9. The van der Waals surface area contributed by atoms with Crippen LogP contribution in [0.4, 0.5) is 4.39 Å². The number of hydrogen-bond donors (Lipinski definition) is 4. The van der Waals surface area contributed by atoms with E-state index in [2.05, 4.69) is 0 Å². The normalized spacial score (nSPS) is 55.2. The summed E-state index contributed by atoms with van der Waals surface area (Å²) < 4.78 is 16.9. The molecule has 4 aliphatic rings. The molecular weight excluding hydrogens is 367 g/mol. The first-order valence-electron chi connectivity index (χ1n) is 9.80. The minimum absolute atomic E-state index is 0.0488. The average molecular weight is 394 g/mol. The number of hydrogen-bond acceptors (Lipinski definition) is 5. The number of alkyl halides is 1. The molecule has 0 saturated heterocycles. The Morgan fingerprint density at radius 1 is 1.18 bits per heavy atom. The lowest BCUT2D eigenvalue weighted by molar-refractivity contribution is -0.231. The van der Waals surface area contributed by atoms with Crippen molar-refractivity contribution in [1.82, 2.24) is 0 Å². The Bertz CT molecular complexity index is 822. The third-order valence-corrected chi connectivity index (χ3v) is 8.51. The molecule has 6 nitrogen and oxygen atoms in total. The summed E-state index contributed by atoms with van der Waals surface area (Å²) in [6, 6.07) is 0. The van der Waals surface area contributed by atoms with Crippen LogP contribution in [0.25, 0.3) is 0 Å².